The molecule has 1 atom stereocenters. The summed E-state index contributed by atoms with van der Waals surface area (Å²) in [7, 11) is 4.16. The van der Waals surface area contributed by atoms with Gasteiger partial charge in [0, 0.05) is 23.7 Å². The summed E-state index contributed by atoms with van der Waals surface area (Å²) in [5, 5.41) is 4.87. The van der Waals surface area contributed by atoms with Crippen molar-refractivity contribution in [2.45, 2.75) is 19.4 Å². The van der Waals surface area contributed by atoms with E-state index in [0.717, 1.165) is 29.7 Å². The van der Waals surface area contributed by atoms with E-state index in [0.29, 0.717) is 11.2 Å². The summed E-state index contributed by atoms with van der Waals surface area (Å²) in [5.41, 5.74) is 0.866. The Morgan fingerprint density at radius 2 is 2.16 bits per heavy atom. The molecule has 2 aromatic rings. The third-order valence-electron chi connectivity index (χ3n) is 2.94. The minimum absolute atomic E-state index is 0.379. The lowest BCUT2D eigenvalue weighted by Crippen LogP contribution is -2.23. The Kier molecular flexibility index (Phi) is 4.56. The number of anilines is 1. The summed E-state index contributed by atoms with van der Waals surface area (Å²) >= 11 is 5.88. The monoisotopic (exact) mass is 278 g/mol. The van der Waals surface area contributed by atoms with Crippen LogP contribution in [0.15, 0.2) is 24.4 Å². The van der Waals surface area contributed by atoms with E-state index in [9.17, 15) is 0 Å². The molecule has 0 aliphatic rings. The average molecular weight is 279 g/mol. The van der Waals surface area contributed by atoms with Crippen LogP contribution in [0, 0.1) is 0 Å². The van der Waals surface area contributed by atoms with Gasteiger partial charge in [-0.3, -0.25) is 0 Å². The van der Waals surface area contributed by atoms with Crippen LogP contribution in [0.1, 0.15) is 13.3 Å². The van der Waals surface area contributed by atoms with E-state index in [1.807, 2.05) is 12.1 Å². The molecule has 2 rings (SSSR count). The number of rotatable bonds is 5. The Morgan fingerprint density at radius 3 is 2.89 bits per heavy atom. The molecule has 1 unspecified atom stereocenters. The van der Waals surface area contributed by atoms with Gasteiger partial charge in [-0.05, 0) is 46.1 Å². The van der Waals surface area contributed by atoms with Gasteiger partial charge in [0.05, 0.1) is 5.52 Å². The van der Waals surface area contributed by atoms with E-state index >= 15 is 0 Å². The van der Waals surface area contributed by atoms with Gasteiger partial charge in [-0.2, -0.15) is 0 Å². The van der Waals surface area contributed by atoms with E-state index < -0.39 is 0 Å². The molecule has 0 aromatic carbocycles. The lowest BCUT2D eigenvalue weighted by Gasteiger charge is -2.17. The summed E-state index contributed by atoms with van der Waals surface area (Å²) < 4.78 is 0. The molecule has 2 aromatic heterocycles. The summed E-state index contributed by atoms with van der Waals surface area (Å²) in [6.45, 7) is 3.21. The van der Waals surface area contributed by atoms with Crippen LogP contribution in [0.25, 0.3) is 10.9 Å². The van der Waals surface area contributed by atoms with Crippen molar-refractivity contribution >= 4 is 28.3 Å². The first-order valence-electron chi connectivity index (χ1n) is 6.38. The lowest BCUT2D eigenvalue weighted by molar-refractivity contribution is 0.390. The number of nitrogens with zero attached hydrogens (tertiary/aromatic N) is 3. The molecule has 2 heterocycles. The van der Waals surface area contributed by atoms with Gasteiger partial charge < -0.3 is 10.2 Å². The molecule has 4 nitrogen and oxygen atoms in total. The minimum atomic E-state index is 0.379. The third kappa shape index (κ3) is 4.04. The molecule has 5 heteroatoms. The normalized spacial score (nSPS) is 12.9. The number of hydrogen-bond acceptors (Lipinski definition) is 4. The minimum Gasteiger partial charge on any atom is -0.368 e. The van der Waals surface area contributed by atoms with E-state index in [1.54, 1.807) is 12.3 Å². The number of hydrogen-bond donors (Lipinski definition) is 1. The number of fused-ring (bicyclic) bond motifs is 1. The largest absolute Gasteiger partial charge is 0.368 e. The lowest BCUT2D eigenvalue weighted by atomic mass is 10.2. The second-order valence-corrected chi connectivity index (χ2v) is 5.42. The van der Waals surface area contributed by atoms with Crippen molar-refractivity contribution in [1.29, 1.82) is 0 Å². The highest BCUT2D eigenvalue weighted by Gasteiger charge is 2.05. The van der Waals surface area contributed by atoms with Gasteiger partial charge in [0.25, 0.3) is 0 Å². The van der Waals surface area contributed by atoms with Gasteiger partial charge in [0.15, 0.2) is 0 Å². The van der Waals surface area contributed by atoms with Crippen LogP contribution >= 0.6 is 11.6 Å². The van der Waals surface area contributed by atoms with Crippen molar-refractivity contribution in [1.82, 2.24) is 14.9 Å². The number of pyridine rings is 2. The second-order valence-electron chi connectivity index (χ2n) is 5.03. The number of aromatic nitrogens is 2. The fourth-order valence-electron chi connectivity index (χ4n) is 1.85. The SMILES string of the molecule is CC(CCN(C)C)Nc1ccc2cnc(Cl)cc2n1. The smallest absolute Gasteiger partial charge is 0.131 e. The Balaban J connectivity index is 2.08. The standard InChI is InChI=1S/C14H19ClN4/c1-10(6-7-19(2)3)17-14-5-4-11-9-16-13(15)8-12(11)18-14/h4-5,8-10H,6-7H2,1-3H3,(H,17,18). The highest BCUT2D eigenvalue weighted by atomic mass is 35.5. The zero-order valence-corrected chi connectivity index (χ0v) is 12.3. The summed E-state index contributed by atoms with van der Waals surface area (Å²) in [6, 6.07) is 6.15. The maximum Gasteiger partial charge on any atom is 0.131 e. The van der Waals surface area contributed by atoms with Crippen LogP contribution in [0.2, 0.25) is 5.15 Å². The molecular weight excluding hydrogens is 260 g/mol. The fraction of sp³-hybridized carbons (Fsp3) is 0.429. The number of nitrogens with one attached hydrogen (secondary N) is 1. The molecule has 0 radical (unpaired) electrons. The molecule has 0 bridgehead atoms. The van der Waals surface area contributed by atoms with Gasteiger partial charge in [-0.25, -0.2) is 9.97 Å². The van der Waals surface area contributed by atoms with Gasteiger partial charge in [0.2, 0.25) is 0 Å². The summed E-state index contributed by atoms with van der Waals surface area (Å²) in [6.07, 6.45) is 2.81. The predicted molar refractivity (Wildman–Crippen MR) is 80.8 cm³/mol. The van der Waals surface area contributed by atoms with E-state index in [-0.39, 0.29) is 0 Å². The van der Waals surface area contributed by atoms with Crippen molar-refractivity contribution in [3.8, 4) is 0 Å². The molecule has 0 fully saturated rings. The van der Waals surface area contributed by atoms with Crippen molar-refractivity contribution in [3.63, 3.8) is 0 Å². The van der Waals surface area contributed by atoms with Crippen LogP contribution in [0.4, 0.5) is 5.82 Å². The molecule has 0 aliphatic carbocycles. The average Bonchev–Trinajstić information content (AvgIpc) is 2.36. The Bertz CT molecular complexity index is 556. The number of halogens is 1. The van der Waals surface area contributed by atoms with Crippen LogP contribution in [-0.2, 0) is 0 Å². The first-order valence-corrected chi connectivity index (χ1v) is 6.76. The Hall–Kier alpha value is -1.39. The molecule has 0 amide bonds. The fourth-order valence-corrected chi connectivity index (χ4v) is 2.00. The Labute approximate surface area is 118 Å². The third-order valence-corrected chi connectivity index (χ3v) is 3.15. The molecule has 0 aliphatic heterocycles. The molecular formula is C14H19ClN4. The quantitative estimate of drug-likeness (QED) is 0.854. The zero-order valence-electron chi connectivity index (χ0n) is 11.5. The maximum atomic E-state index is 5.88. The highest BCUT2D eigenvalue weighted by Crippen LogP contribution is 2.18. The van der Waals surface area contributed by atoms with Gasteiger partial charge >= 0.3 is 0 Å². The van der Waals surface area contributed by atoms with Crippen LogP contribution in [0.5, 0.6) is 0 Å². The van der Waals surface area contributed by atoms with Gasteiger partial charge in [-0.15, -0.1) is 0 Å². The predicted octanol–water partition coefficient (Wildman–Crippen LogP) is 3.04. The van der Waals surface area contributed by atoms with Crippen LogP contribution in [-0.4, -0.2) is 41.5 Å². The van der Waals surface area contributed by atoms with Crippen LogP contribution in [0.3, 0.4) is 0 Å². The molecule has 102 valence electrons. The molecule has 1 N–H and O–H groups in total. The van der Waals surface area contributed by atoms with Crippen molar-refractivity contribution in [2.75, 3.05) is 26.0 Å². The van der Waals surface area contributed by atoms with Crippen molar-refractivity contribution < 1.29 is 0 Å². The second kappa shape index (κ2) is 6.17. The maximum absolute atomic E-state index is 5.88. The van der Waals surface area contributed by atoms with E-state index in [4.69, 9.17) is 11.6 Å². The summed E-state index contributed by atoms with van der Waals surface area (Å²) in [4.78, 5) is 10.8. The van der Waals surface area contributed by atoms with E-state index in [1.165, 1.54) is 0 Å². The topological polar surface area (TPSA) is 41.0 Å². The Morgan fingerprint density at radius 1 is 1.37 bits per heavy atom. The highest BCUT2D eigenvalue weighted by molar-refractivity contribution is 6.29. The molecule has 0 spiro atoms. The van der Waals surface area contributed by atoms with Gasteiger partial charge in [-0.1, -0.05) is 11.6 Å². The molecule has 0 saturated heterocycles. The zero-order chi connectivity index (χ0) is 13.8. The van der Waals surface area contributed by atoms with Crippen molar-refractivity contribution in [3.05, 3.63) is 29.5 Å². The van der Waals surface area contributed by atoms with E-state index in [2.05, 4.69) is 41.2 Å². The first kappa shape index (κ1) is 14.0. The van der Waals surface area contributed by atoms with Gasteiger partial charge in [0.1, 0.15) is 11.0 Å². The summed E-state index contributed by atoms with van der Waals surface area (Å²) in [5.74, 6) is 0.876. The van der Waals surface area contributed by atoms with Crippen molar-refractivity contribution in [2.24, 2.45) is 0 Å². The van der Waals surface area contributed by atoms with Crippen LogP contribution < -0.4 is 5.32 Å². The molecule has 19 heavy (non-hydrogen) atoms. The first-order chi connectivity index (χ1) is 9.04. The molecule has 0 saturated carbocycles.